The minimum absolute atomic E-state index is 0.158. The van der Waals surface area contributed by atoms with Crippen molar-refractivity contribution < 1.29 is 9.53 Å². The maximum Gasteiger partial charge on any atom is 0.407 e. The maximum absolute atomic E-state index is 11.8. The normalized spacial score (nSPS) is 14.2. The number of carbonyl (C=O) groups excluding carboxylic acids is 1. The van der Waals surface area contributed by atoms with Crippen molar-refractivity contribution in [2.24, 2.45) is 0 Å². The Kier molecular flexibility index (Phi) is 7.86. The summed E-state index contributed by atoms with van der Waals surface area (Å²) in [6, 6.07) is 8.17. The molecule has 0 spiro atoms. The van der Waals surface area contributed by atoms with Gasteiger partial charge in [0.1, 0.15) is 5.60 Å². The fraction of sp³-hybridized carbons (Fsp3) is 0.611. The monoisotopic (exact) mass is 340 g/mol. The summed E-state index contributed by atoms with van der Waals surface area (Å²) < 4.78 is 5.28. The molecule has 1 rings (SSSR count). The molecule has 4 nitrogen and oxygen atoms in total. The Morgan fingerprint density at radius 1 is 1.35 bits per heavy atom. The van der Waals surface area contributed by atoms with Crippen LogP contribution in [0.3, 0.4) is 0 Å². The third-order valence-corrected chi connectivity index (χ3v) is 3.60. The van der Waals surface area contributed by atoms with Crippen molar-refractivity contribution in [2.75, 3.05) is 6.54 Å². The van der Waals surface area contributed by atoms with Gasteiger partial charge in [0.2, 0.25) is 0 Å². The van der Waals surface area contributed by atoms with Crippen LogP contribution in [0.1, 0.15) is 59.1 Å². The molecule has 23 heavy (non-hydrogen) atoms. The molecule has 0 aliphatic carbocycles. The standard InChI is InChI=1S/C18H29ClN2O2/c1-6-8-16(12-20-17(22)23-18(3,4)5)21-13(2)14-9-7-10-15(19)11-14/h7,9-11,13,16,21H,6,8,12H2,1-5H3,(H,20,22). The molecule has 0 heterocycles. The van der Waals surface area contributed by atoms with Gasteiger partial charge in [0, 0.05) is 23.7 Å². The van der Waals surface area contributed by atoms with Gasteiger partial charge in [0.15, 0.2) is 0 Å². The van der Waals surface area contributed by atoms with E-state index in [9.17, 15) is 4.79 Å². The summed E-state index contributed by atoms with van der Waals surface area (Å²) in [6.07, 6.45) is 1.63. The summed E-state index contributed by atoms with van der Waals surface area (Å²) in [5.41, 5.74) is 0.655. The second-order valence-electron chi connectivity index (χ2n) is 6.81. The third-order valence-electron chi connectivity index (χ3n) is 3.36. The smallest absolute Gasteiger partial charge is 0.407 e. The number of halogens is 1. The highest BCUT2D eigenvalue weighted by Crippen LogP contribution is 2.18. The topological polar surface area (TPSA) is 50.4 Å². The zero-order valence-electron chi connectivity index (χ0n) is 14.8. The Hall–Kier alpha value is -1.26. The van der Waals surface area contributed by atoms with E-state index >= 15 is 0 Å². The molecular weight excluding hydrogens is 312 g/mol. The van der Waals surface area contributed by atoms with Crippen LogP contribution in [-0.4, -0.2) is 24.3 Å². The highest BCUT2D eigenvalue weighted by molar-refractivity contribution is 6.30. The molecule has 0 radical (unpaired) electrons. The number of amides is 1. The molecule has 1 aromatic rings. The first-order valence-electron chi connectivity index (χ1n) is 8.19. The van der Waals surface area contributed by atoms with Gasteiger partial charge in [-0.3, -0.25) is 0 Å². The van der Waals surface area contributed by atoms with Crippen LogP contribution in [0.2, 0.25) is 5.02 Å². The Morgan fingerprint density at radius 3 is 2.61 bits per heavy atom. The number of ether oxygens (including phenoxy) is 1. The average molecular weight is 341 g/mol. The van der Waals surface area contributed by atoms with Gasteiger partial charge < -0.3 is 15.4 Å². The Labute approximate surface area is 144 Å². The number of benzene rings is 1. The molecule has 0 bridgehead atoms. The highest BCUT2D eigenvalue weighted by atomic mass is 35.5. The van der Waals surface area contributed by atoms with Crippen LogP contribution in [-0.2, 0) is 4.74 Å². The third kappa shape index (κ3) is 8.24. The molecule has 2 unspecified atom stereocenters. The quantitative estimate of drug-likeness (QED) is 0.757. The summed E-state index contributed by atoms with van der Waals surface area (Å²) in [6.45, 7) is 10.3. The molecule has 1 aromatic carbocycles. The molecule has 2 N–H and O–H groups in total. The van der Waals surface area contributed by atoms with Crippen LogP contribution < -0.4 is 10.6 Å². The van der Waals surface area contributed by atoms with E-state index in [4.69, 9.17) is 16.3 Å². The second-order valence-corrected chi connectivity index (χ2v) is 7.25. The molecule has 0 saturated carbocycles. The summed E-state index contributed by atoms with van der Waals surface area (Å²) in [5.74, 6) is 0. The number of carbonyl (C=O) groups is 1. The van der Waals surface area contributed by atoms with Crippen LogP contribution in [0, 0.1) is 0 Å². The van der Waals surface area contributed by atoms with Crippen LogP contribution in [0.15, 0.2) is 24.3 Å². The molecule has 0 aromatic heterocycles. The zero-order chi connectivity index (χ0) is 17.5. The van der Waals surface area contributed by atoms with E-state index in [0.29, 0.717) is 6.54 Å². The second kappa shape index (κ2) is 9.14. The van der Waals surface area contributed by atoms with Gasteiger partial charge in [-0.1, -0.05) is 37.1 Å². The number of nitrogens with one attached hydrogen (secondary N) is 2. The molecule has 0 saturated heterocycles. The molecule has 0 aliphatic rings. The van der Waals surface area contributed by atoms with E-state index in [0.717, 1.165) is 23.4 Å². The van der Waals surface area contributed by atoms with Crippen LogP contribution in [0.4, 0.5) is 4.79 Å². The lowest BCUT2D eigenvalue weighted by atomic mass is 10.1. The van der Waals surface area contributed by atoms with E-state index in [2.05, 4.69) is 24.5 Å². The number of hydrogen-bond acceptors (Lipinski definition) is 3. The predicted molar refractivity (Wildman–Crippen MR) is 95.9 cm³/mol. The minimum Gasteiger partial charge on any atom is -0.444 e. The molecule has 0 aliphatic heterocycles. The van der Waals surface area contributed by atoms with Crippen molar-refractivity contribution in [3.63, 3.8) is 0 Å². The Bertz CT molecular complexity index is 500. The van der Waals surface area contributed by atoms with Gasteiger partial charge >= 0.3 is 6.09 Å². The predicted octanol–water partition coefficient (Wildman–Crippen LogP) is 4.68. The van der Waals surface area contributed by atoms with Gasteiger partial charge in [-0.25, -0.2) is 4.79 Å². The van der Waals surface area contributed by atoms with Gasteiger partial charge in [-0.15, -0.1) is 0 Å². The lowest BCUT2D eigenvalue weighted by molar-refractivity contribution is 0.0521. The van der Waals surface area contributed by atoms with Gasteiger partial charge in [-0.05, 0) is 51.8 Å². The number of rotatable bonds is 7. The maximum atomic E-state index is 11.8. The molecule has 130 valence electrons. The van der Waals surface area contributed by atoms with Crippen molar-refractivity contribution in [3.8, 4) is 0 Å². The van der Waals surface area contributed by atoms with Crippen molar-refractivity contribution in [3.05, 3.63) is 34.9 Å². The van der Waals surface area contributed by atoms with Gasteiger partial charge in [0.25, 0.3) is 0 Å². The number of alkyl carbamates (subject to hydrolysis) is 1. The highest BCUT2D eigenvalue weighted by Gasteiger charge is 2.18. The first kappa shape index (κ1) is 19.8. The SMILES string of the molecule is CCCC(CNC(=O)OC(C)(C)C)NC(C)c1cccc(Cl)c1. The van der Waals surface area contributed by atoms with Crippen LogP contribution in [0.5, 0.6) is 0 Å². The van der Waals surface area contributed by atoms with E-state index in [1.165, 1.54) is 0 Å². The van der Waals surface area contributed by atoms with Crippen LogP contribution >= 0.6 is 11.6 Å². The fourth-order valence-electron chi connectivity index (χ4n) is 2.34. The van der Waals surface area contributed by atoms with Crippen molar-refractivity contribution in [1.82, 2.24) is 10.6 Å². The van der Waals surface area contributed by atoms with Crippen molar-refractivity contribution in [1.29, 1.82) is 0 Å². The van der Waals surface area contributed by atoms with Crippen molar-refractivity contribution >= 4 is 17.7 Å². The van der Waals surface area contributed by atoms with E-state index in [1.54, 1.807) is 0 Å². The lowest BCUT2D eigenvalue weighted by Gasteiger charge is -2.25. The minimum atomic E-state index is -0.480. The van der Waals surface area contributed by atoms with Gasteiger partial charge in [-0.2, -0.15) is 0 Å². The first-order chi connectivity index (χ1) is 10.7. The molecule has 5 heteroatoms. The molecule has 1 amide bonds. The van der Waals surface area contributed by atoms with E-state index in [1.807, 2.05) is 45.0 Å². The van der Waals surface area contributed by atoms with E-state index < -0.39 is 5.60 Å². The molecule has 2 atom stereocenters. The number of hydrogen-bond donors (Lipinski definition) is 2. The molecule has 0 fully saturated rings. The lowest BCUT2D eigenvalue weighted by Crippen LogP contribution is -2.43. The largest absolute Gasteiger partial charge is 0.444 e. The Balaban J connectivity index is 2.56. The first-order valence-corrected chi connectivity index (χ1v) is 8.57. The summed E-state index contributed by atoms with van der Waals surface area (Å²) in [7, 11) is 0. The molecular formula is C18H29ClN2O2. The average Bonchev–Trinajstić information content (AvgIpc) is 2.43. The Morgan fingerprint density at radius 2 is 2.04 bits per heavy atom. The zero-order valence-corrected chi connectivity index (χ0v) is 15.5. The van der Waals surface area contributed by atoms with E-state index in [-0.39, 0.29) is 18.2 Å². The summed E-state index contributed by atoms with van der Waals surface area (Å²) >= 11 is 6.05. The van der Waals surface area contributed by atoms with Crippen LogP contribution in [0.25, 0.3) is 0 Å². The van der Waals surface area contributed by atoms with Gasteiger partial charge in [0.05, 0.1) is 0 Å². The fourth-order valence-corrected chi connectivity index (χ4v) is 2.54. The summed E-state index contributed by atoms with van der Waals surface area (Å²) in [5, 5.41) is 7.12. The van der Waals surface area contributed by atoms with Crippen molar-refractivity contribution in [2.45, 2.75) is 65.1 Å². The summed E-state index contributed by atoms with van der Waals surface area (Å²) in [4.78, 5) is 11.8.